The molecule has 4 nitrogen and oxygen atoms in total. The Bertz CT molecular complexity index is 840. The fourth-order valence-electron chi connectivity index (χ4n) is 3.93. The minimum Gasteiger partial charge on any atom is -0.463 e. The number of hydrogen-bond acceptors (Lipinski definition) is 3. The zero-order chi connectivity index (χ0) is 19.6. The molecule has 1 N–H and O–H groups in total. The molecular formula is C24H31NO3. The van der Waals surface area contributed by atoms with Gasteiger partial charge in [-0.1, -0.05) is 69.9 Å². The van der Waals surface area contributed by atoms with Crippen LogP contribution in [-0.4, -0.2) is 11.9 Å². The van der Waals surface area contributed by atoms with Crippen LogP contribution in [0.3, 0.4) is 0 Å². The lowest BCUT2D eigenvalue weighted by Crippen LogP contribution is -2.33. The Morgan fingerprint density at radius 3 is 2.21 bits per heavy atom. The van der Waals surface area contributed by atoms with Crippen LogP contribution in [0.15, 0.2) is 45.8 Å². The predicted octanol–water partition coefficient (Wildman–Crippen LogP) is 5.60. The Balaban J connectivity index is 1.59. The molecule has 0 unspecified atom stereocenters. The maximum absolute atomic E-state index is 12.5. The molecule has 4 heteroatoms. The first-order chi connectivity index (χ1) is 13.7. The molecule has 150 valence electrons. The largest absolute Gasteiger partial charge is 0.463 e. The quantitative estimate of drug-likeness (QED) is 0.705. The molecule has 1 aliphatic rings. The van der Waals surface area contributed by atoms with E-state index in [0.29, 0.717) is 16.5 Å². The number of carbonyl (C=O) groups excluding carboxylic acids is 1. The van der Waals surface area contributed by atoms with Gasteiger partial charge in [0.2, 0.25) is 5.91 Å². The van der Waals surface area contributed by atoms with Gasteiger partial charge in [-0.05, 0) is 31.1 Å². The van der Waals surface area contributed by atoms with Crippen molar-refractivity contribution >= 4 is 23.0 Å². The molecule has 0 spiro atoms. The highest BCUT2D eigenvalue weighted by molar-refractivity contribution is 5.92. The van der Waals surface area contributed by atoms with Crippen LogP contribution in [0.1, 0.15) is 76.2 Å². The summed E-state index contributed by atoms with van der Waals surface area (Å²) in [5.74, 6) is -0.135. The van der Waals surface area contributed by atoms with Crippen LogP contribution in [-0.2, 0) is 4.79 Å². The Morgan fingerprint density at radius 1 is 0.929 bits per heavy atom. The summed E-state index contributed by atoms with van der Waals surface area (Å²) in [6, 6.07) is 7.37. The topological polar surface area (TPSA) is 59.3 Å². The van der Waals surface area contributed by atoms with Crippen LogP contribution in [0.4, 0.5) is 0 Å². The molecular weight excluding hydrogens is 350 g/mol. The third kappa shape index (κ3) is 6.08. The van der Waals surface area contributed by atoms with Crippen molar-refractivity contribution in [3.8, 4) is 0 Å². The van der Waals surface area contributed by atoms with E-state index < -0.39 is 0 Å². The SMILES string of the molecule is O=C(/C=C/c1coc2ccccc2c1=O)NC1CCCCCCCCCCC1. The molecule has 0 bridgehead atoms. The van der Waals surface area contributed by atoms with Crippen LogP contribution in [0.2, 0.25) is 0 Å². The molecule has 1 saturated carbocycles. The number of amides is 1. The first-order valence-corrected chi connectivity index (χ1v) is 10.7. The average molecular weight is 382 g/mol. The smallest absolute Gasteiger partial charge is 0.244 e. The molecule has 1 aliphatic carbocycles. The van der Waals surface area contributed by atoms with Gasteiger partial charge in [0.05, 0.1) is 10.9 Å². The summed E-state index contributed by atoms with van der Waals surface area (Å²) >= 11 is 0. The number of hydrogen-bond donors (Lipinski definition) is 1. The van der Waals surface area contributed by atoms with Crippen LogP contribution < -0.4 is 10.7 Å². The molecule has 1 aromatic carbocycles. The standard InChI is InChI=1S/C24H31NO3/c26-23(25-20-12-8-6-4-2-1-3-5-7-9-13-20)17-16-19-18-28-22-15-11-10-14-21(22)24(19)27/h10-11,14-18,20H,1-9,12-13H2,(H,25,26)/b17-16+. The maximum Gasteiger partial charge on any atom is 0.244 e. The summed E-state index contributed by atoms with van der Waals surface area (Å²) in [6.45, 7) is 0. The van der Waals surface area contributed by atoms with Crippen molar-refractivity contribution in [1.82, 2.24) is 5.32 Å². The lowest BCUT2D eigenvalue weighted by molar-refractivity contribution is -0.117. The van der Waals surface area contributed by atoms with E-state index in [1.165, 1.54) is 70.1 Å². The second-order valence-electron chi connectivity index (χ2n) is 7.81. The summed E-state index contributed by atoms with van der Waals surface area (Å²) in [6.07, 6.45) is 18.0. The van der Waals surface area contributed by atoms with E-state index in [4.69, 9.17) is 4.42 Å². The first-order valence-electron chi connectivity index (χ1n) is 10.7. The van der Waals surface area contributed by atoms with E-state index in [1.54, 1.807) is 18.2 Å². The molecule has 3 rings (SSSR count). The molecule has 0 atom stereocenters. The molecule has 0 saturated heterocycles. The zero-order valence-corrected chi connectivity index (χ0v) is 16.6. The highest BCUT2D eigenvalue weighted by atomic mass is 16.3. The van der Waals surface area contributed by atoms with E-state index in [0.717, 1.165) is 12.8 Å². The van der Waals surface area contributed by atoms with Crippen molar-refractivity contribution in [2.24, 2.45) is 0 Å². The minimum absolute atomic E-state index is 0.114. The second kappa shape index (κ2) is 10.8. The van der Waals surface area contributed by atoms with Crippen molar-refractivity contribution in [2.75, 3.05) is 0 Å². The van der Waals surface area contributed by atoms with Gasteiger partial charge in [-0.2, -0.15) is 0 Å². The number of fused-ring (bicyclic) bond motifs is 1. The van der Waals surface area contributed by atoms with E-state index in [1.807, 2.05) is 12.1 Å². The molecule has 0 radical (unpaired) electrons. The molecule has 1 fully saturated rings. The van der Waals surface area contributed by atoms with Gasteiger partial charge in [0.15, 0.2) is 5.43 Å². The van der Waals surface area contributed by atoms with Gasteiger partial charge in [0, 0.05) is 12.1 Å². The van der Waals surface area contributed by atoms with Crippen molar-refractivity contribution in [1.29, 1.82) is 0 Å². The minimum atomic E-state index is -0.135. The monoisotopic (exact) mass is 381 g/mol. The number of rotatable bonds is 3. The third-order valence-electron chi connectivity index (χ3n) is 5.57. The average Bonchev–Trinajstić information content (AvgIpc) is 2.70. The highest BCUT2D eigenvalue weighted by Gasteiger charge is 2.11. The van der Waals surface area contributed by atoms with Gasteiger partial charge >= 0.3 is 0 Å². The summed E-state index contributed by atoms with van der Waals surface area (Å²) in [5.41, 5.74) is 0.840. The highest BCUT2D eigenvalue weighted by Crippen LogP contribution is 2.17. The van der Waals surface area contributed by atoms with E-state index in [9.17, 15) is 9.59 Å². The molecule has 1 amide bonds. The van der Waals surface area contributed by atoms with Gasteiger partial charge < -0.3 is 9.73 Å². The van der Waals surface area contributed by atoms with Crippen molar-refractivity contribution in [3.63, 3.8) is 0 Å². The van der Waals surface area contributed by atoms with Gasteiger partial charge in [-0.15, -0.1) is 0 Å². The number of para-hydroxylation sites is 1. The summed E-state index contributed by atoms with van der Waals surface area (Å²) in [7, 11) is 0. The molecule has 1 aromatic heterocycles. The maximum atomic E-state index is 12.5. The second-order valence-corrected chi connectivity index (χ2v) is 7.81. The molecule has 0 aliphatic heterocycles. The normalized spacial score (nSPS) is 17.9. The van der Waals surface area contributed by atoms with Gasteiger partial charge in [0.1, 0.15) is 11.8 Å². The Kier molecular flexibility index (Phi) is 7.89. The fraction of sp³-hybridized carbons (Fsp3) is 0.500. The Labute approximate surface area is 167 Å². The molecule has 28 heavy (non-hydrogen) atoms. The van der Waals surface area contributed by atoms with Crippen LogP contribution in [0.25, 0.3) is 17.0 Å². The van der Waals surface area contributed by atoms with Crippen molar-refractivity contribution < 1.29 is 9.21 Å². The third-order valence-corrected chi connectivity index (χ3v) is 5.57. The van der Waals surface area contributed by atoms with Crippen molar-refractivity contribution in [2.45, 2.75) is 76.7 Å². The summed E-state index contributed by atoms with van der Waals surface area (Å²) < 4.78 is 5.50. The van der Waals surface area contributed by atoms with E-state index in [-0.39, 0.29) is 17.4 Å². The van der Waals surface area contributed by atoms with E-state index in [2.05, 4.69) is 5.32 Å². The molecule has 1 heterocycles. The molecule has 2 aromatic rings. The van der Waals surface area contributed by atoms with Gasteiger partial charge in [-0.3, -0.25) is 9.59 Å². The van der Waals surface area contributed by atoms with Gasteiger partial charge in [-0.25, -0.2) is 0 Å². The van der Waals surface area contributed by atoms with Crippen LogP contribution >= 0.6 is 0 Å². The van der Waals surface area contributed by atoms with Crippen LogP contribution in [0.5, 0.6) is 0 Å². The lowest BCUT2D eigenvalue weighted by Gasteiger charge is -2.18. The van der Waals surface area contributed by atoms with E-state index >= 15 is 0 Å². The van der Waals surface area contributed by atoms with Gasteiger partial charge in [0.25, 0.3) is 0 Å². The predicted molar refractivity (Wildman–Crippen MR) is 114 cm³/mol. The Hall–Kier alpha value is -2.36. The first kappa shape index (κ1) is 20.4. The summed E-state index contributed by atoms with van der Waals surface area (Å²) in [5, 5.41) is 3.67. The Morgan fingerprint density at radius 2 is 1.54 bits per heavy atom. The zero-order valence-electron chi connectivity index (χ0n) is 16.6. The number of benzene rings is 1. The summed E-state index contributed by atoms with van der Waals surface area (Å²) in [4.78, 5) is 24.9. The van der Waals surface area contributed by atoms with Crippen molar-refractivity contribution in [3.05, 3.63) is 52.4 Å². The number of nitrogens with one attached hydrogen (secondary N) is 1. The number of carbonyl (C=O) groups is 1. The lowest BCUT2D eigenvalue weighted by atomic mass is 9.98. The van der Waals surface area contributed by atoms with Crippen LogP contribution in [0, 0.1) is 0 Å². The fourth-order valence-corrected chi connectivity index (χ4v) is 3.93.